The molecular weight excluding hydrogens is 344 g/mol. The van der Waals surface area contributed by atoms with E-state index in [0.717, 1.165) is 37.7 Å². The van der Waals surface area contributed by atoms with Gasteiger partial charge >= 0.3 is 0 Å². The van der Waals surface area contributed by atoms with Crippen LogP contribution in [0.2, 0.25) is 0 Å². The van der Waals surface area contributed by atoms with Crippen molar-refractivity contribution in [2.24, 2.45) is 5.92 Å². The summed E-state index contributed by atoms with van der Waals surface area (Å²) in [4.78, 5) is 23.4. The Morgan fingerprint density at radius 1 is 1.19 bits per heavy atom. The first-order valence-electron chi connectivity index (χ1n) is 8.91. The molecule has 2 aromatic heterocycles. The summed E-state index contributed by atoms with van der Waals surface area (Å²) in [6.07, 6.45) is 5.26. The van der Waals surface area contributed by atoms with Crippen LogP contribution < -0.4 is 10.2 Å². The summed E-state index contributed by atoms with van der Waals surface area (Å²) in [7, 11) is 0. The van der Waals surface area contributed by atoms with Crippen LogP contribution in [0.3, 0.4) is 0 Å². The third kappa shape index (κ3) is 3.91. The summed E-state index contributed by atoms with van der Waals surface area (Å²) in [5, 5.41) is 13.9. The van der Waals surface area contributed by atoms with Crippen molar-refractivity contribution in [2.45, 2.75) is 19.8 Å². The Morgan fingerprint density at radius 2 is 2.04 bits per heavy atom. The largest absolute Gasteiger partial charge is 0.356 e. The maximum atomic E-state index is 12.6. The van der Waals surface area contributed by atoms with Crippen molar-refractivity contribution < 1.29 is 4.79 Å². The summed E-state index contributed by atoms with van der Waals surface area (Å²) in [6.45, 7) is 4.21. The molecule has 0 spiro atoms. The first-order valence-corrected chi connectivity index (χ1v) is 8.91. The van der Waals surface area contributed by atoms with Crippen LogP contribution in [0.1, 0.15) is 30.1 Å². The predicted molar refractivity (Wildman–Crippen MR) is 99.8 cm³/mol. The van der Waals surface area contributed by atoms with E-state index in [0.29, 0.717) is 17.1 Å². The Balaban J connectivity index is 1.48. The van der Waals surface area contributed by atoms with Gasteiger partial charge in [0.25, 0.3) is 5.91 Å². The van der Waals surface area contributed by atoms with Crippen LogP contribution in [-0.4, -0.2) is 49.2 Å². The number of carbonyl (C=O) groups is 1. The van der Waals surface area contributed by atoms with E-state index in [1.165, 1.54) is 17.3 Å². The van der Waals surface area contributed by atoms with E-state index < -0.39 is 0 Å². The molecule has 1 amide bonds. The number of anilines is 2. The summed E-state index contributed by atoms with van der Waals surface area (Å²) in [5.41, 5.74) is 1.20. The second-order valence-corrected chi connectivity index (χ2v) is 6.69. The lowest BCUT2D eigenvalue weighted by atomic mass is 9.99. The molecular formula is C18H20N8O. The highest BCUT2D eigenvalue weighted by atomic mass is 16.1. The number of benzene rings is 1. The summed E-state index contributed by atoms with van der Waals surface area (Å²) in [6, 6.07) is 8.88. The molecule has 1 aliphatic heterocycles. The fourth-order valence-corrected chi connectivity index (χ4v) is 3.08. The Bertz CT molecular complexity index is 919. The average molecular weight is 364 g/mol. The molecule has 0 bridgehead atoms. The Kier molecular flexibility index (Phi) is 4.73. The second kappa shape index (κ2) is 7.48. The first-order chi connectivity index (χ1) is 13.2. The Labute approximate surface area is 156 Å². The van der Waals surface area contributed by atoms with Gasteiger partial charge in [-0.2, -0.15) is 0 Å². The van der Waals surface area contributed by atoms with E-state index in [-0.39, 0.29) is 5.91 Å². The lowest BCUT2D eigenvalue weighted by Crippen LogP contribution is -2.33. The van der Waals surface area contributed by atoms with Gasteiger partial charge in [0.15, 0.2) is 0 Å². The smallest absolute Gasteiger partial charge is 0.256 e. The zero-order valence-electron chi connectivity index (χ0n) is 15.0. The number of aromatic nitrogens is 6. The van der Waals surface area contributed by atoms with Gasteiger partial charge in [0.2, 0.25) is 0 Å². The monoisotopic (exact) mass is 364 g/mol. The molecule has 138 valence electrons. The van der Waals surface area contributed by atoms with Crippen LogP contribution in [-0.2, 0) is 0 Å². The molecule has 1 aliphatic rings. The minimum atomic E-state index is -0.248. The summed E-state index contributed by atoms with van der Waals surface area (Å²) in [5.74, 6) is 1.82. The van der Waals surface area contributed by atoms with Gasteiger partial charge in [-0.25, -0.2) is 14.6 Å². The Morgan fingerprint density at radius 3 is 2.81 bits per heavy atom. The molecule has 1 fully saturated rings. The normalized spacial score (nSPS) is 14.9. The highest BCUT2D eigenvalue weighted by Crippen LogP contribution is 2.22. The number of tetrazole rings is 1. The van der Waals surface area contributed by atoms with E-state index in [1.54, 1.807) is 18.2 Å². The molecule has 0 aliphatic carbocycles. The Hall–Kier alpha value is -3.36. The van der Waals surface area contributed by atoms with Gasteiger partial charge in [-0.1, -0.05) is 13.0 Å². The van der Waals surface area contributed by atoms with Crippen LogP contribution in [0, 0.1) is 5.92 Å². The lowest BCUT2D eigenvalue weighted by Gasteiger charge is -2.31. The van der Waals surface area contributed by atoms with Crippen molar-refractivity contribution in [1.29, 1.82) is 0 Å². The van der Waals surface area contributed by atoms with E-state index in [1.807, 2.05) is 12.1 Å². The molecule has 9 heteroatoms. The molecule has 3 aromatic rings. The first kappa shape index (κ1) is 17.1. The van der Waals surface area contributed by atoms with Crippen LogP contribution in [0.15, 0.2) is 43.0 Å². The van der Waals surface area contributed by atoms with Crippen LogP contribution >= 0.6 is 0 Å². The van der Waals surface area contributed by atoms with Crippen LogP contribution in [0.25, 0.3) is 5.69 Å². The van der Waals surface area contributed by atoms with E-state index >= 15 is 0 Å². The number of rotatable bonds is 4. The topological polar surface area (TPSA) is 102 Å². The minimum absolute atomic E-state index is 0.248. The molecule has 1 N–H and O–H groups in total. The molecule has 27 heavy (non-hydrogen) atoms. The van der Waals surface area contributed by atoms with Gasteiger partial charge < -0.3 is 10.2 Å². The molecule has 4 rings (SSSR count). The van der Waals surface area contributed by atoms with E-state index in [9.17, 15) is 4.79 Å². The number of carbonyl (C=O) groups excluding carboxylic acids is 1. The maximum Gasteiger partial charge on any atom is 0.256 e. The number of nitrogens with zero attached hydrogens (tertiary/aromatic N) is 7. The van der Waals surface area contributed by atoms with Gasteiger partial charge in [0, 0.05) is 24.7 Å². The number of hydrogen-bond donors (Lipinski definition) is 1. The van der Waals surface area contributed by atoms with Crippen molar-refractivity contribution in [3.8, 4) is 5.69 Å². The molecule has 0 unspecified atom stereocenters. The van der Waals surface area contributed by atoms with Crippen molar-refractivity contribution in [2.75, 3.05) is 23.3 Å². The number of piperidine rings is 1. The van der Waals surface area contributed by atoms with E-state index in [4.69, 9.17) is 0 Å². The molecule has 0 atom stereocenters. The molecule has 0 radical (unpaired) electrons. The summed E-state index contributed by atoms with van der Waals surface area (Å²) < 4.78 is 1.50. The highest BCUT2D eigenvalue weighted by Gasteiger charge is 2.18. The van der Waals surface area contributed by atoms with Crippen molar-refractivity contribution in [1.82, 2.24) is 30.2 Å². The average Bonchev–Trinajstić information content (AvgIpc) is 3.24. The molecule has 0 saturated carbocycles. The minimum Gasteiger partial charge on any atom is -0.356 e. The second-order valence-electron chi connectivity index (χ2n) is 6.69. The fourth-order valence-electron chi connectivity index (χ4n) is 3.08. The van der Waals surface area contributed by atoms with Crippen LogP contribution in [0.4, 0.5) is 11.6 Å². The van der Waals surface area contributed by atoms with Crippen molar-refractivity contribution >= 4 is 17.5 Å². The summed E-state index contributed by atoms with van der Waals surface area (Å²) >= 11 is 0. The van der Waals surface area contributed by atoms with Crippen LogP contribution in [0.5, 0.6) is 0 Å². The fraction of sp³-hybridized carbons (Fsp3) is 0.333. The quantitative estimate of drug-likeness (QED) is 0.755. The standard InChI is InChI=1S/C18H20N8O/c1-13-5-7-25(8-6-13)17-10-16(19-11-20-17)22-18(27)14-3-2-4-15(9-14)26-12-21-23-24-26/h2-4,9-13H,5-8H2,1H3,(H,19,20,22,27). The number of amides is 1. The SMILES string of the molecule is CC1CCN(c2cc(NC(=O)c3cccc(-n4cnnn4)c3)ncn2)CC1. The molecule has 1 aromatic carbocycles. The van der Waals surface area contributed by atoms with Crippen molar-refractivity contribution in [3.05, 3.63) is 48.5 Å². The van der Waals surface area contributed by atoms with Gasteiger partial charge in [-0.3, -0.25) is 4.79 Å². The third-order valence-electron chi connectivity index (χ3n) is 4.72. The third-order valence-corrected chi connectivity index (χ3v) is 4.72. The van der Waals surface area contributed by atoms with E-state index in [2.05, 4.69) is 42.6 Å². The lowest BCUT2D eigenvalue weighted by molar-refractivity contribution is 0.102. The zero-order chi connectivity index (χ0) is 18.6. The van der Waals surface area contributed by atoms with Gasteiger partial charge in [0.1, 0.15) is 24.3 Å². The molecule has 1 saturated heterocycles. The number of hydrogen-bond acceptors (Lipinski definition) is 7. The number of nitrogens with one attached hydrogen (secondary N) is 1. The highest BCUT2D eigenvalue weighted by molar-refractivity contribution is 6.04. The van der Waals surface area contributed by atoms with Gasteiger partial charge in [-0.15, -0.1) is 5.10 Å². The zero-order valence-corrected chi connectivity index (χ0v) is 15.0. The predicted octanol–water partition coefficient (Wildman–Crippen LogP) is 1.94. The van der Waals surface area contributed by atoms with Gasteiger partial charge in [-0.05, 0) is 47.4 Å². The van der Waals surface area contributed by atoms with Crippen molar-refractivity contribution in [3.63, 3.8) is 0 Å². The maximum absolute atomic E-state index is 12.6. The van der Waals surface area contributed by atoms with Gasteiger partial charge in [0.05, 0.1) is 5.69 Å². The molecule has 3 heterocycles. The molecule has 9 nitrogen and oxygen atoms in total.